The molecule has 0 spiro atoms. The fourth-order valence-electron chi connectivity index (χ4n) is 1.71. The molecule has 0 fully saturated rings. The summed E-state index contributed by atoms with van der Waals surface area (Å²) in [4.78, 5) is 23.6. The van der Waals surface area contributed by atoms with Gasteiger partial charge in [-0.25, -0.2) is 0 Å². The van der Waals surface area contributed by atoms with Gasteiger partial charge in [0.25, 0.3) is 5.91 Å². The molecule has 0 aliphatic heterocycles. The molecule has 0 radical (unpaired) electrons. The number of aliphatic hydroxyl groups is 1. The number of aliphatic hydroxyl groups excluding tert-OH is 1. The van der Waals surface area contributed by atoms with Crippen LogP contribution < -0.4 is 16.4 Å². The average Bonchev–Trinajstić information content (AvgIpc) is 2.51. The number of amides is 2. The zero-order valence-electron chi connectivity index (χ0n) is 12.4. The first-order valence-corrected chi connectivity index (χ1v) is 7.05. The highest BCUT2D eigenvalue weighted by Crippen LogP contribution is 2.12. The maximum atomic E-state index is 11.9. The standard InChI is InChI=1S/C15H23N3O3/c1-3-10(2)13(16)15(21)18-12-6-4-11(5-7-12)14(20)17-8-9-19/h4-7,10,13,19H,3,8-9,16H2,1-2H3,(H,17,20)(H,18,21)/t10?,13-/m0/s1. The lowest BCUT2D eigenvalue weighted by molar-refractivity contribution is -0.118. The molecule has 6 nitrogen and oxygen atoms in total. The molecule has 0 aliphatic rings. The molecule has 2 atom stereocenters. The normalized spacial score (nSPS) is 13.3. The van der Waals surface area contributed by atoms with E-state index in [-0.39, 0.29) is 30.9 Å². The summed E-state index contributed by atoms with van der Waals surface area (Å²) in [6, 6.07) is 5.96. The minimum atomic E-state index is -0.553. The van der Waals surface area contributed by atoms with E-state index in [1.807, 2.05) is 13.8 Å². The molecule has 0 aromatic heterocycles. The van der Waals surface area contributed by atoms with Gasteiger partial charge < -0.3 is 21.5 Å². The predicted octanol–water partition coefficient (Wildman–Crippen LogP) is 0.721. The second-order valence-corrected chi connectivity index (χ2v) is 4.96. The van der Waals surface area contributed by atoms with Crippen molar-refractivity contribution in [3.8, 4) is 0 Å². The number of nitrogens with one attached hydrogen (secondary N) is 2. The lowest BCUT2D eigenvalue weighted by Crippen LogP contribution is -2.40. The Morgan fingerprint density at radius 2 is 1.90 bits per heavy atom. The Hall–Kier alpha value is -1.92. The maximum Gasteiger partial charge on any atom is 0.251 e. The van der Waals surface area contributed by atoms with Crippen LogP contribution in [0.1, 0.15) is 30.6 Å². The number of hydrogen-bond donors (Lipinski definition) is 4. The second kappa shape index (κ2) is 8.39. The summed E-state index contributed by atoms with van der Waals surface area (Å²) in [5.74, 6) is -0.395. The molecule has 5 N–H and O–H groups in total. The summed E-state index contributed by atoms with van der Waals surface area (Å²) in [5, 5.41) is 13.9. The maximum absolute atomic E-state index is 11.9. The first kappa shape index (κ1) is 17.1. The van der Waals surface area contributed by atoms with Crippen molar-refractivity contribution >= 4 is 17.5 Å². The zero-order valence-corrected chi connectivity index (χ0v) is 12.4. The van der Waals surface area contributed by atoms with E-state index in [1.165, 1.54) is 0 Å². The molecule has 0 saturated carbocycles. The van der Waals surface area contributed by atoms with Crippen molar-refractivity contribution in [3.05, 3.63) is 29.8 Å². The smallest absolute Gasteiger partial charge is 0.251 e. The summed E-state index contributed by atoms with van der Waals surface area (Å²) in [6.45, 7) is 4.02. The Morgan fingerprint density at radius 1 is 1.29 bits per heavy atom. The molecule has 2 amide bonds. The molecule has 0 saturated heterocycles. The van der Waals surface area contributed by atoms with Crippen molar-refractivity contribution in [2.75, 3.05) is 18.5 Å². The average molecular weight is 293 g/mol. The largest absolute Gasteiger partial charge is 0.395 e. The third kappa shape index (κ3) is 5.17. The first-order valence-electron chi connectivity index (χ1n) is 7.05. The van der Waals surface area contributed by atoms with Crippen LogP contribution in [-0.4, -0.2) is 36.1 Å². The van der Waals surface area contributed by atoms with Gasteiger partial charge in [0.2, 0.25) is 5.91 Å². The van der Waals surface area contributed by atoms with Gasteiger partial charge in [0.05, 0.1) is 12.6 Å². The highest BCUT2D eigenvalue weighted by molar-refractivity contribution is 5.97. The lowest BCUT2D eigenvalue weighted by atomic mass is 9.99. The van der Waals surface area contributed by atoms with Crippen LogP contribution in [-0.2, 0) is 4.79 Å². The molecular formula is C15H23N3O3. The Bertz CT molecular complexity index is 474. The third-order valence-corrected chi connectivity index (χ3v) is 3.37. The topological polar surface area (TPSA) is 104 Å². The minimum Gasteiger partial charge on any atom is -0.395 e. The van der Waals surface area contributed by atoms with Gasteiger partial charge in [-0.1, -0.05) is 20.3 Å². The molecule has 6 heteroatoms. The number of anilines is 1. The van der Waals surface area contributed by atoms with E-state index >= 15 is 0 Å². The highest BCUT2D eigenvalue weighted by Gasteiger charge is 2.19. The summed E-state index contributed by atoms with van der Waals surface area (Å²) >= 11 is 0. The fourth-order valence-corrected chi connectivity index (χ4v) is 1.71. The Morgan fingerprint density at radius 3 is 2.43 bits per heavy atom. The molecule has 1 aromatic rings. The number of carbonyl (C=O) groups is 2. The van der Waals surface area contributed by atoms with Crippen LogP contribution in [0, 0.1) is 5.92 Å². The molecule has 1 unspecified atom stereocenters. The van der Waals surface area contributed by atoms with Gasteiger partial charge in [0.15, 0.2) is 0 Å². The predicted molar refractivity (Wildman–Crippen MR) is 81.9 cm³/mol. The number of carbonyl (C=O) groups excluding carboxylic acids is 2. The van der Waals surface area contributed by atoms with E-state index < -0.39 is 6.04 Å². The SMILES string of the molecule is CCC(C)[C@H](N)C(=O)Nc1ccc(C(=O)NCCO)cc1. The van der Waals surface area contributed by atoms with Gasteiger partial charge in [0, 0.05) is 17.8 Å². The van der Waals surface area contributed by atoms with Crippen LogP contribution in [0.15, 0.2) is 24.3 Å². The Kier molecular flexibility index (Phi) is 6.84. The van der Waals surface area contributed by atoms with Gasteiger partial charge in [-0.3, -0.25) is 9.59 Å². The quantitative estimate of drug-likeness (QED) is 0.594. The molecule has 116 valence electrons. The van der Waals surface area contributed by atoms with Crippen molar-refractivity contribution in [3.63, 3.8) is 0 Å². The third-order valence-electron chi connectivity index (χ3n) is 3.37. The van der Waals surface area contributed by atoms with E-state index in [4.69, 9.17) is 10.8 Å². The Balaban J connectivity index is 2.62. The van der Waals surface area contributed by atoms with Crippen LogP contribution >= 0.6 is 0 Å². The zero-order chi connectivity index (χ0) is 15.8. The molecule has 0 aliphatic carbocycles. The monoisotopic (exact) mass is 293 g/mol. The fraction of sp³-hybridized carbons (Fsp3) is 0.467. The van der Waals surface area contributed by atoms with Crippen LogP contribution in [0.3, 0.4) is 0 Å². The second-order valence-electron chi connectivity index (χ2n) is 4.96. The van der Waals surface area contributed by atoms with Gasteiger partial charge >= 0.3 is 0 Å². The first-order chi connectivity index (χ1) is 9.99. The highest BCUT2D eigenvalue weighted by atomic mass is 16.3. The van der Waals surface area contributed by atoms with E-state index in [2.05, 4.69) is 10.6 Å². The number of hydrogen-bond acceptors (Lipinski definition) is 4. The van der Waals surface area contributed by atoms with E-state index in [9.17, 15) is 9.59 Å². The van der Waals surface area contributed by atoms with E-state index in [1.54, 1.807) is 24.3 Å². The van der Waals surface area contributed by atoms with Gasteiger partial charge in [-0.05, 0) is 30.2 Å². The molecule has 1 aromatic carbocycles. The molecular weight excluding hydrogens is 270 g/mol. The number of nitrogens with two attached hydrogens (primary N) is 1. The summed E-state index contributed by atoms with van der Waals surface area (Å²) in [7, 11) is 0. The van der Waals surface area contributed by atoms with Crippen molar-refractivity contribution in [1.29, 1.82) is 0 Å². The van der Waals surface area contributed by atoms with Crippen LogP contribution in [0.25, 0.3) is 0 Å². The Labute approximate surface area is 124 Å². The van der Waals surface area contributed by atoms with Crippen molar-refractivity contribution in [2.45, 2.75) is 26.3 Å². The van der Waals surface area contributed by atoms with Crippen LogP contribution in [0.4, 0.5) is 5.69 Å². The van der Waals surface area contributed by atoms with E-state index in [0.717, 1.165) is 6.42 Å². The van der Waals surface area contributed by atoms with Crippen molar-refractivity contribution in [2.24, 2.45) is 11.7 Å². The summed E-state index contributed by atoms with van der Waals surface area (Å²) in [6.07, 6.45) is 0.832. The number of rotatable bonds is 7. The van der Waals surface area contributed by atoms with Gasteiger partial charge in [-0.2, -0.15) is 0 Å². The van der Waals surface area contributed by atoms with Gasteiger partial charge in [-0.15, -0.1) is 0 Å². The van der Waals surface area contributed by atoms with Crippen molar-refractivity contribution < 1.29 is 14.7 Å². The lowest BCUT2D eigenvalue weighted by Gasteiger charge is -2.17. The number of benzene rings is 1. The molecule has 21 heavy (non-hydrogen) atoms. The minimum absolute atomic E-state index is 0.104. The van der Waals surface area contributed by atoms with Crippen molar-refractivity contribution in [1.82, 2.24) is 5.32 Å². The molecule has 0 heterocycles. The van der Waals surface area contributed by atoms with Crippen LogP contribution in [0.5, 0.6) is 0 Å². The van der Waals surface area contributed by atoms with Crippen LogP contribution in [0.2, 0.25) is 0 Å². The van der Waals surface area contributed by atoms with Gasteiger partial charge in [0.1, 0.15) is 0 Å². The van der Waals surface area contributed by atoms with E-state index in [0.29, 0.717) is 11.3 Å². The summed E-state index contributed by atoms with van der Waals surface area (Å²) in [5.41, 5.74) is 6.91. The summed E-state index contributed by atoms with van der Waals surface area (Å²) < 4.78 is 0. The molecule has 1 rings (SSSR count). The molecule has 0 bridgehead atoms.